The van der Waals surface area contributed by atoms with Crippen LogP contribution in [-0.4, -0.2) is 33.8 Å². The number of nitrogens with one attached hydrogen (secondary N) is 1. The van der Waals surface area contributed by atoms with Gasteiger partial charge < -0.3 is 14.6 Å². The molecule has 0 radical (unpaired) electrons. The van der Waals surface area contributed by atoms with Gasteiger partial charge in [0.15, 0.2) is 5.16 Å². The molecule has 2 heterocycles. The molecule has 0 spiro atoms. The van der Waals surface area contributed by atoms with E-state index in [1.165, 1.54) is 28.7 Å². The maximum atomic E-state index is 12.7. The molecule has 156 valence electrons. The molecule has 0 saturated carbocycles. The Balaban J connectivity index is 1.55. The Morgan fingerprint density at radius 3 is 2.90 bits per heavy atom. The van der Waals surface area contributed by atoms with Gasteiger partial charge in [0.1, 0.15) is 5.00 Å². The Bertz CT molecular complexity index is 1090. The molecule has 30 heavy (non-hydrogen) atoms. The zero-order valence-corrected chi connectivity index (χ0v) is 18.6. The van der Waals surface area contributed by atoms with Gasteiger partial charge in [-0.15, -0.1) is 11.3 Å². The molecule has 0 bridgehead atoms. The summed E-state index contributed by atoms with van der Waals surface area (Å²) in [6, 6.07) is 8.24. The van der Waals surface area contributed by atoms with Crippen molar-refractivity contribution in [2.75, 3.05) is 17.7 Å². The summed E-state index contributed by atoms with van der Waals surface area (Å²) in [7, 11) is 1.93. The number of esters is 1. The maximum Gasteiger partial charge on any atom is 0.341 e. The minimum Gasteiger partial charge on any atom is -0.462 e. The number of hydrogen-bond acceptors (Lipinski definition) is 6. The van der Waals surface area contributed by atoms with Crippen molar-refractivity contribution in [2.45, 2.75) is 31.3 Å². The molecule has 4 rings (SSSR count). The SMILES string of the molecule is CCOC(=O)c1c(NC(=O)CCSc2nccn2C)sc2c1CCc1ccccc1-2. The van der Waals surface area contributed by atoms with Crippen LogP contribution in [0.4, 0.5) is 5.00 Å². The zero-order valence-electron chi connectivity index (χ0n) is 16.9. The number of rotatable bonds is 7. The van der Waals surface area contributed by atoms with E-state index < -0.39 is 0 Å². The fraction of sp³-hybridized carbons (Fsp3) is 0.318. The highest BCUT2D eigenvalue weighted by atomic mass is 32.2. The molecule has 0 unspecified atom stereocenters. The van der Waals surface area contributed by atoms with Gasteiger partial charge in [-0.25, -0.2) is 9.78 Å². The molecule has 6 nitrogen and oxygen atoms in total. The molecule has 1 aliphatic carbocycles. The van der Waals surface area contributed by atoms with Crippen LogP contribution in [0.3, 0.4) is 0 Å². The highest BCUT2D eigenvalue weighted by Crippen LogP contribution is 2.45. The zero-order chi connectivity index (χ0) is 21.1. The van der Waals surface area contributed by atoms with E-state index in [9.17, 15) is 9.59 Å². The lowest BCUT2D eigenvalue weighted by atomic mass is 9.89. The Morgan fingerprint density at radius 1 is 1.30 bits per heavy atom. The lowest BCUT2D eigenvalue weighted by molar-refractivity contribution is -0.115. The number of aryl methyl sites for hydroxylation is 2. The third-order valence-corrected chi connectivity index (χ3v) is 7.22. The lowest BCUT2D eigenvalue weighted by Gasteiger charge is -2.16. The van der Waals surface area contributed by atoms with Crippen molar-refractivity contribution in [2.24, 2.45) is 7.05 Å². The Morgan fingerprint density at radius 2 is 2.13 bits per heavy atom. The van der Waals surface area contributed by atoms with Crippen LogP contribution in [0, 0.1) is 0 Å². The average molecular weight is 442 g/mol. The van der Waals surface area contributed by atoms with Gasteiger partial charge in [0.2, 0.25) is 5.91 Å². The Kier molecular flexibility index (Phi) is 6.24. The second-order valence-electron chi connectivity index (χ2n) is 6.96. The van der Waals surface area contributed by atoms with E-state index in [0.29, 0.717) is 29.3 Å². The number of imidazole rings is 1. The number of thiophene rings is 1. The van der Waals surface area contributed by atoms with E-state index >= 15 is 0 Å². The summed E-state index contributed by atoms with van der Waals surface area (Å²) in [5, 5.41) is 4.43. The molecule has 8 heteroatoms. The monoisotopic (exact) mass is 441 g/mol. The van der Waals surface area contributed by atoms with Gasteiger partial charge in [-0.3, -0.25) is 4.79 Å². The highest BCUT2D eigenvalue weighted by Gasteiger charge is 2.29. The number of ether oxygens (including phenoxy) is 1. The van der Waals surface area contributed by atoms with Crippen LogP contribution in [0.15, 0.2) is 41.8 Å². The van der Waals surface area contributed by atoms with Crippen LogP contribution >= 0.6 is 23.1 Å². The van der Waals surface area contributed by atoms with Gasteiger partial charge in [0.05, 0.1) is 12.2 Å². The molecule has 1 N–H and O–H groups in total. The summed E-state index contributed by atoms with van der Waals surface area (Å²) in [4.78, 5) is 30.6. The average Bonchev–Trinajstić information content (AvgIpc) is 3.31. The first-order chi connectivity index (χ1) is 14.6. The van der Waals surface area contributed by atoms with Crippen molar-refractivity contribution in [1.82, 2.24) is 9.55 Å². The molecule has 1 aromatic carbocycles. The van der Waals surface area contributed by atoms with E-state index in [1.807, 2.05) is 29.9 Å². The van der Waals surface area contributed by atoms with Crippen molar-refractivity contribution in [3.8, 4) is 10.4 Å². The summed E-state index contributed by atoms with van der Waals surface area (Å²) in [5.74, 6) is 0.125. The van der Waals surface area contributed by atoms with Gasteiger partial charge in [-0.05, 0) is 36.5 Å². The van der Waals surface area contributed by atoms with Crippen LogP contribution in [0.2, 0.25) is 0 Å². The molecular formula is C22H23N3O3S2. The summed E-state index contributed by atoms with van der Waals surface area (Å²) < 4.78 is 7.23. The van der Waals surface area contributed by atoms with E-state index in [2.05, 4.69) is 22.4 Å². The van der Waals surface area contributed by atoms with Gasteiger partial charge in [-0.2, -0.15) is 0 Å². The molecule has 0 saturated heterocycles. The predicted molar refractivity (Wildman–Crippen MR) is 120 cm³/mol. The fourth-order valence-electron chi connectivity index (χ4n) is 3.56. The van der Waals surface area contributed by atoms with E-state index in [-0.39, 0.29) is 11.9 Å². The number of benzene rings is 1. The summed E-state index contributed by atoms with van der Waals surface area (Å²) >= 11 is 3.00. The Labute approximate surface area is 183 Å². The van der Waals surface area contributed by atoms with Gasteiger partial charge >= 0.3 is 5.97 Å². The number of carbonyl (C=O) groups is 2. The number of carbonyl (C=O) groups excluding carboxylic acids is 2. The standard InChI is InChI=1S/C22H23N3O3S2/c1-3-28-21(27)18-16-9-8-14-6-4-5-7-15(14)19(16)30-20(18)24-17(26)10-13-29-22-23-11-12-25(22)2/h4-7,11-12H,3,8-10,13H2,1-2H3,(H,24,26). The van der Waals surface area contributed by atoms with Crippen LogP contribution < -0.4 is 5.32 Å². The number of hydrogen-bond donors (Lipinski definition) is 1. The predicted octanol–water partition coefficient (Wildman–Crippen LogP) is 4.54. The highest BCUT2D eigenvalue weighted by molar-refractivity contribution is 7.99. The van der Waals surface area contributed by atoms with Crippen LogP contribution in [0.5, 0.6) is 0 Å². The number of fused-ring (bicyclic) bond motifs is 3. The lowest BCUT2D eigenvalue weighted by Crippen LogP contribution is -2.16. The third kappa shape index (κ3) is 4.15. The summed E-state index contributed by atoms with van der Waals surface area (Å²) in [6.45, 7) is 2.09. The molecule has 0 atom stereocenters. The number of amides is 1. The molecule has 0 aliphatic heterocycles. The number of thioether (sulfide) groups is 1. The van der Waals surface area contributed by atoms with Crippen molar-refractivity contribution in [3.05, 3.63) is 53.3 Å². The first-order valence-electron chi connectivity index (χ1n) is 9.89. The number of aromatic nitrogens is 2. The van der Waals surface area contributed by atoms with Crippen molar-refractivity contribution < 1.29 is 14.3 Å². The second kappa shape index (κ2) is 9.06. The van der Waals surface area contributed by atoms with Crippen LogP contribution in [-0.2, 0) is 29.4 Å². The van der Waals surface area contributed by atoms with Gasteiger partial charge in [0, 0.05) is 36.5 Å². The smallest absolute Gasteiger partial charge is 0.341 e. The first-order valence-corrected chi connectivity index (χ1v) is 11.7. The number of anilines is 1. The first kappa shape index (κ1) is 20.7. The molecule has 1 aliphatic rings. The van der Waals surface area contributed by atoms with Crippen molar-refractivity contribution in [3.63, 3.8) is 0 Å². The Hall–Kier alpha value is -2.58. The van der Waals surface area contributed by atoms with Crippen molar-refractivity contribution in [1.29, 1.82) is 0 Å². The van der Waals surface area contributed by atoms with Crippen molar-refractivity contribution >= 4 is 40.0 Å². The topological polar surface area (TPSA) is 73.2 Å². The minimum absolute atomic E-state index is 0.117. The van der Waals surface area contributed by atoms with Crippen LogP contribution in [0.1, 0.15) is 34.8 Å². The van der Waals surface area contributed by atoms with E-state index in [1.54, 1.807) is 13.1 Å². The maximum absolute atomic E-state index is 12.7. The summed E-state index contributed by atoms with van der Waals surface area (Å²) in [5.41, 5.74) is 3.90. The minimum atomic E-state index is -0.368. The van der Waals surface area contributed by atoms with Gasteiger partial charge in [0.25, 0.3) is 0 Å². The summed E-state index contributed by atoms with van der Waals surface area (Å²) in [6.07, 6.45) is 5.59. The second-order valence-corrected chi connectivity index (χ2v) is 9.04. The van der Waals surface area contributed by atoms with E-state index in [0.717, 1.165) is 34.0 Å². The normalized spacial score (nSPS) is 12.2. The third-order valence-electron chi connectivity index (χ3n) is 4.98. The molecule has 0 fully saturated rings. The number of nitrogens with zero attached hydrogens (tertiary/aromatic N) is 2. The molecule has 3 aromatic rings. The molecular weight excluding hydrogens is 418 g/mol. The largest absolute Gasteiger partial charge is 0.462 e. The van der Waals surface area contributed by atoms with E-state index in [4.69, 9.17) is 4.74 Å². The quantitative estimate of drug-likeness (QED) is 0.430. The fourth-order valence-corrected chi connectivity index (χ4v) is 5.75. The molecule has 1 amide bonds. The molecule has 2 aromatic heterocycles. The van der Waals surface area contributed by atoms with Gasteiger partial charge in [-0.1, -0.05) is 36.0 Å². The van der Waals surface area contributed by atoms with Crippen LogP contribution in [0.25, 0.3) is 10.4 Å².